The van der Waals surface area contributed by atoms with Gasteiger partial charge in [-0.3, -0.25) is 0 Å². The second-order valence-electron chi connectivity index (χ2n) is 6.00. The molecule has 0 N–H and O–H groups in total. The standard InChI is InChI=1S/C16H27B/c1-2-3-14-17(15-10-6-4-7-11-15)16-12-8-5-9-13-16/h15-16H,2,4-13H2,1H3. The van der Waals surface area contributed by atoms with Gasteiger partial charge in [-0.1, -0.05) is 71.1 Å². The molecule has 0 bridgehead atoms. The monoisotopic (exact) mass is 230 g/mol. The van der Waals surface area contributed by atoms with E-state index in [-0.39, 0.29) is 0 Å². The van der Waals surface area contributed by atoms with Crippen LogP contribution in [0.3, 0.4) is 0 Å². The molecule has 94 valence electrons. The van der Waals surface area contributed by atoms with E-state index in [2.05, 4.69) is 18.7 Å². The second-order valence-corrected chi connectivity index (χ2v) is 6.00. The summed E-state index contributed by atoms with van der Waals surface area (Å²) in [5.74, 6) is 8.92. The smallest absolute Gasteiger partial charge is 0.155 e. The molecule has 2 rings (SSSR count). The number of hydrogen-bond acceptors (Lipinski definition) is 0. The average molecular weight is 230 g/mol. The van der Waals surface area contributed by atoms with Gasteiger partial charge in [-0.25, -0.2) is 0 Å². The van der Waals surface area contributed by atoms with E-state index in [4.69, 9.17) is 0 Å². The fourth-order valence-corrected chi connectivity index (χ4v) is 3.83. The zero-order valence-electron chi connectivity index (χ0n) is 11.5. The first-order valence-electron chi connectivity index (χ1n) is 7.90. The summed E-state index contributed by atoms with van der Waals surface area (Å²) in [7, 11) is 0. The quantitative estimate of drug-likeness (QED) is 0.457. The van der Waals surface area contributed by atoms with Crippen molar-refractivity contribution in [2.45, 2.75) is 89.2 Å². The van der Waals surface area contributed by atoms with E-state index in [1.54, 1.807) is 0 Å². The Morgan fingerprint density at radius 1 is 0.824 bits per heavy atom. The maximum Gasteiger partial charge on any atom is 0.237 e. The van der Waals surface area contributed by atoms with Crippen molar-refractivity contribution in [3.05, 3.63) is 0 Å². The van der Waals surface area contributed by atoms with Crippen molar-refractivity contribution in [3.8, 4) is 11.7 Å². The average Bonchev–Trinajstić information content (AvgIpc) is 2.42. The first-order chi connectivity index (χ1) is 8.42. The van der Waals surface area contributed by atoms with Crippen LogP contribution in [0, 0.1) is 11.7 Å². The summed E-state index contributed by atoms with van der Waals surface area (Å²) in [6.07, 6.45) is 15.6. The highest BCUT2D eigenvalue weighted by atomic mass is 14.2. The van der Waals surface area contributed by atoms with Crippen molar-refractivity contribution in [3.63, 3.8) is 0 Å². The van der Waals surface area contributed by atoms with Gasteiger partial charge in [0.15, 0.2) is 0 Å². The van der Waals surface area contributed by atoms with Crippen LogP contribution in [0.1, 0.15) is 77.6 Å². The van der Waals surface area contributed by atoms with E-state index < -0.39 is 0 Å². The van der Waals surface area contributed by atoms with Crippen molar-refractivity contribution in [1.29, 1.82) is 0 Å². The van der Waals surface area contributed by atoms with E-state index in [1.165, 1.54) is 64.2 Å². The van der Waals surface area contributed by atoms with Gasteiger partial charge in [-0.2, -0.15) is 5.82 Å². The van der Waals surface area contributed by atoms with E-state index in [0.717, 1.165) is 24.8 Å². The van der Waals surface area contributed by atoms with E-state index in [9.17, 15) is 0 Å². The van der Waals surface area contributed by atoms with Crippen LogP contribution < -0.4 is 0 Å². The van der Waals surface area contributed by atoms with Crippen LogP contribution in [-0.2, 0) is 0 Å². The Balaban J connectivity index is 2.00. The van der Waals surface area contributed by atoms with Gasteiger partial charge >= 0.3 is 0 Å². The van der Waals surface area contributed by atoms with Crippen LogP contribution >= 0.6 is 0 Å². The molecule has 2 fully saturated rings. The van der Waals surface area contributed by atoms with Crippen molar-refractivity contribution in [1.82, 2.24) is 0 Å². The minimum Gasteiger partial charge on any atom is -0.155 e. The molecule has 2 saturated carbocycles. The number of hydrogen-bond donors (Lipinski definition) is 0. The molecule has 0 aromatic heterocycles. The molecule has 0 amide bonds. The lowest BCUT2D eigenvalue weighted by molar-refractivity contribution is 0.465. The molecule has 1 heteroatoms. The summed E-state index contributed by atoms with van der Waals surface area (Å²) in [4.78, 5) is 0. The summed E-state index contributed by atoms with van der Waals surface area (Å²) in [6, 6.07) is 0. The Hall–Kier alpha value is -0.375. The molecule has 0 spiro atoms. The summed E-state index contributed by atoms with van der Waals surface area (Å²) < 4.78 is 0. The molecular formula is C16H27B. The van der Waals surface area contributed by atoms with Crippen LogP contribution in [0.5, 0.6) is 0 Å². The molecule has 0 aromatic rings. The zero-order chi connectivity index (χ0) is 11.9. The van der Waals surface area contributed by atoms with Crippen molar-refractivity contribution >= 4 is 6.71 Å². The van der Waals surface area contributed by atoms with Crippen molar-refractivity contribution < 1.29 is 0 Å². The van der Waals surface area contributed by atoms with Gasteiger partial charge in [0.1, 0.15) is 0 Å². The Labute approximate surface area is 108 Å². The lowest BCUT2D eigenvalue weighted by Crippen LogP contribution is -2.29. The Bertz CT molecular complexity index is 243. The molecule has 2 aliphatic rings. The maximum atomic E-state index is 3.66. The highest BCUT2D eigenvalue weighted by Gasteiger charge is 2.33. The molecule has 0 aliphatic heterocycles. The minimum atomic E-state index is 0.746. The molecule has 0 unspecified atom stereocenters. The summed E-state index contributed by atoms with van der Waals surface area (Å²) in [5, 5.41) is 0. The summed E-state index contributed by atoms with van der Waals surface area (Å²) in [5.41, 5.74) is 0. The van der Waals surface area contributed by atoms with Gasteiger partial charge < -0.3 is 0 Å². The molecule has 17 heavy (non-hydrogen) atoms. The predicted octanol–water partition coefficient (Wildman–Crippen LogP) is 5.10. The van der Waals surface area contributed by atoms with Crippen molar-refractivity contribution in [2.75, 3.05) is 0 Å². The topological polar surface area (TPSA) is 0 Å². The van der Waals surface area contributed by atoms with Gasteiger partial charge in [0.2, 0.25) is 6.71 Å². The zero-order valence-corrected chi connectivity index (χ0v) is 11.5. The van der Waals surface area contributed by atoms with E-state index in [1.807, 2.05) is 0 Å². The molecule has 2 aliphatic carbocycles. The maximum absolute atomic E-state index is 3.66. The Morgan fingerprint density at radius 3 is 1.71 bits per heavy atom. The summed E-state index contributed by atoms with van der Waals surface area (Å²) >= 11 is 0. The normalized spacial score (nSPS) is 22.9. The van der Waals surface area contributed by atoms with Gasteiger partial charge in [0, 0.05) is 6.42 Å². The molecule has 0 atom stereocenters. The lowest BCUT2D eigenvalue weighted by Gasteiger charge is -2.32. The van der Waals surface area contributed by atoms with Crippen LogP contribution in [-0.4, -0.2) is 6.71 Å². The largest absolute Gasteiger partial charge is 0.237 e. The van der Waals surface area contributed by atoms with Gasteiger partial charge in [-0.05, 0) is 11.6 Å². The highest BCUT2D eigenvalue weighted by molar-refractivity contribution is 6.70. The third-order valence-electron chi connectivity index (χ3n) is 4.76. The van der Waals surface area contributed by atoms with Gasteiger partial charge in [0.05, 0.1) is 0 Å². The number of rotatable bonds is 2. The molecule has 0 nitrogen and oxygen atoms in total. The van der Waals surface area contributed by atoms with Crippen LogP contribution in [0.25, 0.3) is 0 Å². The Kier molecular flexibility index (Phi) is 5.49. The van der Waals surface area contributed by atoms with Gasteiger partial charge in [-0.15, -0.1) is 5.92 Å². The van der Waals surface area contributed by atoms with Crippen LogP contribution in [0.4, 0.5) is 0 Å². The third kappa shape index (κ3) is 3.80. The van der Waals surface area contributed by atoms with E-state index in [0.29, 0.717) is 0 Å². The SMILES string of the molecule is CCC#CB(C1CCCCC1)C1CCCCC1. The van der Waals surface area contributed by atoms with Crippen LogP contribution in [0.15, 0.2) is 0 Å². The third-order valence-corrected chi connectivity index (χ3v) is 4.76. The first kappa shape index (κ1) is 13.1. The Morgan fingerprint density at radius 2 is 1.29 bits per heavy atom. The first-order valence-corrected chi connectivity index (χ1v) is 7.90. The molecule has 0 radical (unpaired) electrons. The fraction of sp³-hybridized carbons (Fsp3) is 0.875. The fourth-order valence-electron chi connectivity index (χ4n) is 3.83. The second kappa shape index (κ2) is 7.15. The van der Waals surface area contributed by atoms with Crippen molar-refractivity contribution in [2.24, 2.45) is 0 Å². The highest BCUT2D eigenvalue weighted by Crippen LogP contribution is 2.40. The molecular weight excluding hydrogens is 203 g/mol. The van der Waals surface area contributed by atoms with Gasteiger partial charge in [0.25, 0.3) is 0 Å². The molecule has 0 aromatic carbocycles. The predicted molar refractivity (Wildman–Crippen MR) is 77.5 cm³/mol. The molecule has 0 saturated heterocycles. The van der Waals surface area contributed by atoms with Crippen LogP contribution in [0.2, 0.25) is 11.6 Å². The lowest BCUT2D eigenvalue weighted by atomic mass is 9.31. The summed E-state index contributed by atoms with van der Waals surface area (Å²) in [6.45, 7) is 2.93. The van der Waals surface area contributed by atoms with E-state index >= 15 is 0 Å². The minimum absolute atomic E-state index is 0.746. The molecule has 0 heterocycles.